The average molecular weight is 497 g/mol. The Morgan fingerprint density at radius 3 is 2.73 bits per heavy atom. The van der Waals surface area contributed by atoms with Crippen molar-refractivity contribution in [3.05, 3.63) is 77.3 Å². The van der Waals surface area contributed by atoms with Crippen molar-refractivity contribution in [3.8, 4) is 5.75 Å². The topological polar surface area (TPSA) is 59.1 Å². The number of halogens is 5. The van der Waals surface area contributed by atoms with Gasteiger partial charge in [-0.25, -0.2) is 14.4 Å². The van der Waals surface area contributed by atoms with E-state index >= 15 is 0 Å². The number of alkyl halides is 3. The summed E-state index contributed by atoms with van der Waals surface area (Å²) < 4.78 is 59.5. The van der Waals surface area contributed by atoms with Gasteiger partial charge in [-0.05, 0) is 37.3 Å². The molecule has 0 saturated carbocycles. The molecule has 0 fully saturated rings. The third-order valence-electron chi connectivity index (χ3n) is 4.59. The Kier molecular flexibility index (Phi) is 6.66. The molecule has 0 spiro atoms. The van der Waals surface area contributed by atoms with Gasteiger partial charge in [-0.3, -0.25) is 0 Å². The number of aromatic nitrogens is 2. The molecule has 1 aliphatic heterocycles. The maximum Gasteiger partial charge on any atom is 0.429 e. The summed E-state index contributed by atoms with van der Waals surface area (Å²) in [6.45, 7) is 1.92. The van der Waals surface area contributed by atoms with Crippen LogP contribution >= 0.6 is 23.4 Å². The zero-order valence-corrected chi connectivity index (χ0v) is 18.6. The van der Waals surface area contributed by atoms with Crippen molar-refractivity contribution in [1.82, 2.24) is 9.97 Å². The lowest BCUT2D eigenvalue weighted by Gasteiger charge is -2.23. The lowest BCUT2D eigenvalue weighted by Crippen LogP contribution is -2.26. The molecule has 1 aliphatic rings. The Labute approximate surface area is 196 Å². The van der Waals surface area contributed by atoms with Crippen LogP contribution in [-0.2, 0) is 0 Å². The summed E-state index contributed by atoms with van der Waals surface area (Å²) in [5, 5.41) is 7.12. The number of hydrogen-bond acceptors (Lipinski definition) is 6. The molecule has 0 radical (unpaired) electrons. The Hall–Kier alpha value is -2.98. The third kappa shape index (κ3) is 5.33. The maximum atomic E-state index is 13.6. The van der Waals surface area contributed by atoms with Crippen LogP contribution in [0, 0.1) is 5.82 Å². The van der Waals surface area contributed by atoms with Gasteiger partial charge < -0.3 is 15.4 Å². The molecule has 2 aromatic carbocycles. The van der Waals surface area contributed by atoms with Gasteiger partial charge in [0.2, 0.25) is 6.10 Å². The molecule has 3 aromatic rings. The number of hydrogen-bond donors (Lipinski definition) is 2. The van der Waals surface area contributed by atoms with Crippen LogP contribution in [0.2, 0.25) is 5.02 Å². The molecule has 0 aliphatic carbocycles. The van der Waals surface area contributed by atoms with Crippen LogP contribution in [0.5, 0.6) is 5.75 Å². The summed E-state index contributed by atoms with van der Waals surface area (Å²) in [6, 6.07) is 8.43. The summed E-state index contributed by atoms with van der Waals surface area (Å²) in [5.41, 5.74) is 0.839. The molecule has 33 heavy (non-hydrogen) atoms. The fraction of sp³-hybridized carbons (Fsp3) is 0.182. The van der Waals surface area contributed by atoms with E-state index in [4.69, 9.17) is 16.3 Å². The van der Waals surface area contributed by atoms with Crippen molar-refractivity contribution in [3.63, 3.8) is 0 Å². The largest absolute Gasteiger partial charge is 0.475 e. The van der Waals surface area contributed by atoms with E-state index in [0.29, 0.717) is 17.2 Å². The van der Waals surface area contributed by atoms with Gasteiger partial charge in [0.1, 0.15) is 28.6 Å². The molecule has 0 amide bonds. The van der Waals surface area contributed by atoms with Gasteiger partial charge in [0.15, 0.2) is 5.82 Å². The second kappa shape index (κ2) is 9.48. The van der Waals surface area contributed by atoms with E-state index in [1.54, 1.807) is 0 Å². The average Bonchev–Trinajstić information content (AvgIpc) is 3.16. The fourth-order valence-electron chi connectivity index (χ4n) is 3.17. The lowest BCUT2D eigenvalue weighted by atomic mass is 10.1. The molecule has 0 saturated heterocycles. The number of anilines is 3. The highest BCUT2D eigenvalue weighted by Gasteiger charge is 2.43. The minimum Gasteiger partial charge on any atom is -0.475 e. The molecule has 0 bridgehead atoms. The van der Waals surface area contributed by atoms with Crippen LogP contribution in [-0.4, -0.2) is 21.5 Å². The van der Waals surface area contributed by atoms with Crippen molar-refractivity contribution in [2.45, 2.75) is 29.6 Å². The SMILES string of the molecule is C/C=C/C1Nc2c(Nc3ccc(OC(c4cccc(F)c4)C(F)(F)F)c(Cl)c3)ncnc2S1. The van der Waals surface area contributed by atoms with Gasteiger partial charge >= 0.3 is 6.18 Å². The quantitative estimate of drug-likeness (QED) is 0.215. The van der Waals surface area contributed by atoms with Gasteiger partial charge in [0.05, 0.1) is 10.4 Å². The standard InChI is InChI=1S/C22H17ClF4N4OS/c1-2-4-17-31-18-20(28-11-29-21(18)33-17)30-14-7-8-16(15(23)10-14)32-19(22(25,26)27)12-5-3-6-13(24)9-12/h2-11,17,19,31H,1H3,(H,28,29,30)/b4-2+. The van der Waals surface area contributed by atoms with Gasteiger partial charge in [-0.2, -0.15) is 13.2 Å². The third-order valence-corrected chi connectivity index (χ3v) is 5.95. The predicted octanol–water partition coefficient (Wildman–Crippen LogP) is 7.11. The first-order valence-corrected chi connectivity index (χ1v) is 11.0. The second-order valence-corrected chi connectivity index (χ2v) is 8.51. The second-order valence-electron chi connectivity index (χ2n) is 6.98. The van der Waals surface area contributed by atoms with Gasteiger partial charge in [-0.1, -0.05) is 47.6 Å². The van der Waals surface area contributed by atoms with Crippen LogP contribution < -0.4 is 15.4 Å². The number of ether oxygens (including phenoxy) is 1. The number of rotatable bonds is 6. The summed E-state index contributed by atoms with van der Waals surface area (Å²) in [5.74, 6) is -0.488. The highest BCUT2D eigenvalue weighted by atomic mass is 35.5. The van der Waals surface area contributed by atoms with E-state index in [1.807, 2.05) is 19.1 Å². The normalized spacial score (nSPS) is 16.4. The molecule has 172 valence electrons. The molecule has 1 aromatic heterocycles. The number of thioether (sulfide) groups is 1. The number of benzene rings is 2. The maximum absolute atomic E-state index is 13.6. The van der Waals surface area contributed by atoms with Crippen molar-refractivity contribution in [1.29, 1.82) is 0 Å². The first kappa shape index (κ1) is 23.2. The van der Waals surface area contributed by atoms with Crippen LogP contribution in [0.15, 0.2) is 66.0 Å². The molecule has 2 N–H and O–H groups in total. The molecule has 2 heterocycles. The fourth-order valence-corrected chi connectivity index (χ4v) is 4.43. The Morgan fingerprint density at radius 1 is 1.21 bits per heavy atom. The van der Waals surface area contributed by atoms with E-state index in [0.717, 1.165) is 23.2 Å². The number of fused-ring (bicyclic) bond motifs is 1. The van der Waals surface area contributed by atoms with Crippen molar-refractivity contribution >= 4 is 40.6 Å². The summed E-state index contributed by atoms with van der Waals surface area (Å²) in [6.07, 6.45) is -1.83. The van der Waals surface area contributed by atoms with Gasteiger partial charge in [-0.15, -0.1) is 0 Å². The van der Waals surface area contributed by atoms with Crippen molar-refractivity contribution in [2.24, 2.45) is 0 Å². The minimum atomic E-state index is -4.78. The van der Waals surface area contributed by atoms with Gasteiger partial charge in [0, 0.05) is 11.3 Å². The molecular weight excluding hydrogens is 480 g/mol. The van der Waals surface area contributed by atoms with E-state index in [1.165, 1.54) is 42.4 Å². The Morgan fingerprint density at radius 2 is 2.03 bits per heavy atom. The number of nitrogens with zero attached hydrogens (tertiary/aromatic N) is 2. The highest BCUT2D eigenvalue weighted by Crippen LogP contribution is 2.43. The van der Waals surface area contributed by atoms with E-state index in [-0.39, 0.29) is 21.7 Å². The molecule has 11 heteroatoms. The van der Waals surface area contributed by atoms with E-state index in [9.17, 15) is 17.6 Å². The van der Waals surface area contributed by atoms with Crippen molar-refractivity contribution < 1.29 is 22.3 Å². The molecule has 4 rings (SSSR count). The smallest absolute Gasteiger partial charge is 0.429 e. The summed E-state index contributed by atoms with van der Waals surface area (Å²) >= 11 is 7.75. The Balaban J connectivity index is 1.55. The van der Waals surface area contributed by atoms with Crippen LogP contribution in [0.3, 0.4) is 0 Å². The minimum absolute atomic E-state index is 0.0174. The van der Waals surface area contributed by atoms with Crippen LogP contribution in [0.1, 0.15) is 18.6 Å². The summed E-state index contributed by atoms with van der Waals surface area (Å²) in [7, 11) is 0. The molecule has 5 nitrogen and oxygen atoms in total. The predicted molar refractivity (Wildman–Crippen MR) is 121 cm³/mol. The number of nitrogens with one attached hydrogen (secondary N) is 2. The van der Waals surface area contributed by atoms with Crippen molar-refractivity contribution in [2.75, 3.05) is 10.6 Å². The zero-order valence-electron chi connectivity index (χ0n) is 17.0. The Bertz CT molecular complexity index is 1190. The first-order chi connectivity index (χ1) is 15.7. The highest BCUT2D eigenvalue weighted by molar-refractivity contribution is 8.00. The van der Waals surface area contributed by atoms with E-state index in [2.05, 4.69) is 20.6 Å². The van der Waals surface area contributed by atoms with Crippen LogP contribution in [0.25, 0.3) is 0 Å². The van der Waals surface area contributed by atoms with Gasteiger partial charge in [0.25, 0.3) is 0 Å². The molecule has 2 atom stereocenters. The molecular formula is C22H17ClF4N4OS. The summed E-state index contributed by atoms with van der Waals surface area (Å²) in [4.78, 5) is 8.49. The first-order valence-electron chi connectivity index (χ1n) is 9.71. The monoisotopic (exact) mass is 496 g/mol. The molecule has 2 unspecified atom stereocenters. The van der Waals surface area contributed by atoms with E-state index < -0.39 is 18.1 Å². The number of allylic oxidation sites excluding steroid dienone is 1. The van der Waals surface area contributed by atoms with Crippen LogP contribution in [0.4, 0.5) is 34.8 Å². The lowest BCUT2D eigenvalue weighted by molar-refractivity contribution is -0.198. The zero-order chi connectivity index (χ0) is 23.6.